The van der Waals surface area contributed by atoms with Gasteiger partial charge >= 0.3 is 5.97 Å². The third-order valence-electron chi connectivity index (χ3n) is 7.03. The molecule has 0 aliphatic carbocycles. The van der Waals surface area contributed by atoms with E-state index in [1.807, 2.05) is 6.07 Å². The van der Waals surface area contributed by atoms with E-state index < -0.39 is 6.04 Å². The van der Waals surface area contributed by atoms with Crippen LogP contribution in [0.2, 0.25) is 0 Å². The molecule has 14 nitrogen and oxygen atoms in total. The zero-order valence-electron chi connectivity index (χ0n) is 31.2. The molecule has 1 aromatic heterocycles. The summed E-state index contributed by atoms with van der Waals surface area (Å²) in [5, 5.41) is 6.03. The Hall–Kier alpha value is -3.81. The molecule has 2 N–H and O–H groups in total. The van der Waals surface area contributed by atoms with E-state index in [0.717, 1.165) is 12.0 Å². The van der Waals surface area contributed by atoms with Gasteiger partial charge in [-0.25, -0.2) is 4.98 Å². The van der Waals surface area contributed by atoms with Crippen molar-refractivity contribution >= 4 is 11.9 Å². The van der Waals surface area contributed by atoms with Crippen LogP contribution >= 0.6 is 0 Å². The lowest BCUT2D eigenvalue weighted by molar-refractivity contribution is -0.143. The molecule has 1 atom stereocenters. The summed E-state index contributed by atoms with van der Waals surface area (Å²) in [6, 6.07) is 10.2. The zero-order valence-corrected chi connectivity index (χ0v) is 31.2. The summed E-state index contributed by atoms with van der Waals surface area (Å²) in [6.07, 6.45) is 8.34. The molecule has 0 aliphatic rings. The van der Waals surface area contributed by atoms with Gasteiger partial charge in [-0.05, 0) is 36.0 Å². The van der Waals surface area contributed by atoms with E-state index in [-0.39, 0.29) is 23.9 Å². The lowest BCUT2D eigenvalue weighted by Crippen LogP contribution is -2.38. The summed E-state index contributed by atoms with van der Waals surface area (Å²) in [5.74, 6) is 3.23. The first kappa shape index (κ1) is 44.4. The van der Waals surface area contributed by atoms with Gasteiger partial charge in [-0.1, -0.05) is 38.8 Å². The SMILES string of the molecule is C#CCOCCOCCOCCOCCOCCOCCNC(=O)COc1cccc(Oc2ccc(CN[C@@H](CCC(C)(C)C)C(=O)OC)cn2)c1. The number of esters is 1. The van der Waals surface area contributed by atoms with Crippen molar-refractivity contribution in [3.63, 3.8) is 0 Å². The van der Waals surface area contributed by atoms with Crippen molar-refractivity contribution in [2.24, 2.45) is 5.41 Å². The van der Waals surface area contributed by atoms with Crippen molar-refractivity contribution in [2.75, 3.05) is 99.5 Å². The summed E-state index contributed by atoms with van der Waals surface area (Å²) < 4.78 is 48.7. The number of nitrogens with one attached hydrogen (secondary N) is 2. The average molecular weight is 732 g/mol. The number of benzene rings is 1. The van der Waals surface area contributed by atoms with Crippen LogP contribution in [-0.2, 0) is 49.3 Å². The van der Waals surface area contributed by atoms with E-state index in [1.165, 1.54) is 7.11 Å². The highest BCUT2D eigenvalue weighted by molar-refractivity contribution is 5.77. The highest BCUT2D eigenvalue weighted by Gasteiger charge is 2.22. The molecule has 0 saturated heterocycles. The van der Waals surface area contributed by atoms with Crippen molar-refractivity contribution < 1.29 is 52.2 Å². The quantitative estimate of drug-likeness (QED) is 0.0685. The lowest BCUT2D eigenvalue weighted by Gasteiger charge is -2.22. The Morgan fingerprint density at radius 2 is 1.42 bits per heavy atom. The Balaban J connectivity index is 1.50. The van der Waals surface area contributed by atoms with Crippen molar-refractivity contribution in [1.82, 2.24) is 15.6 Å². The molecule has 0 aliphatic heterocycles. The Morgan fingerprint density at radius 3 is 1.98 bits per heavy atom. The van der Waals surface area contributed by atoms with Gasteiger partial charge in [0.1, 0.15) is 24.1 Å². The second-order valence-electron chi connectivity index (χ2n) is 12.6. The molecule has 0 unspecified atom stereocenters. The number of carbonyl (C=O) groups excluding carboxylic acids is 2. The molecular formula is C38H57N3O11. The summed E-state index contributed by atoms with van der Waals surface area (Å²) in [7, 11) is 1.40. The van der Waals surface area contributed by atoms with Gasteiger partial charge in [0.15, 0.2) is 6.61 Å². The highest BCUT2D eigenvalue weighted by atomic mass is 16.6. The second-order valence-corrected chi connectivity index (χ2v) is 12.6. The van der Waals surface area contributed by atoms with Crippen LogP contribution in [0.5, 0.6) is 17.4 Å². The van der Waals surface area contributed by atoms with Crippen molar-refractivity contribution in [2.45, 2.75) is 46.2 Å². The van der Waals surface area contributed by atoms with Crippen LogP contribution in [0.15, 0.2) is 42.6 Å². The van der Waals surface area contributed by atoms with Gasteiger partial charge < -0.3 is 53.3 Å². The summed E-state index contributed by atoms with van der Waals surface area (Å²) in [4.78, 5) is 28.8. The molecular weight excluding hydrogens is 674 g/mol. The summed E-state index contributed by atoms with van der Waals surface area (Å²) >= 11 is 0. The average Bonchev–Trinajstić information content (AvgIpc) is 3.13. The van der Waals surface area contributed by atoms with Crippen molar-refractivity contribution in [3.8, 4) is 29.7 Å². The number of ether oxygens (including phenoxy) is 9. The maximum atomic E-state index is 12.2. The molecule has 1 heterocycles. The topological polar surface area (TPSA) is 154 Å². The van der Waals surface area contributed by atoms with Gasteiger partial charge in [0.05, 0.1) is 79.8 Å². The predicted octanol–water partition coefficient (Wildman–Crippen LogP) is 3.56. The molecule has 52 heavy (non-hydrogen) atoms. The third kappa shape index (κ3) is 22.9. The summed E-state index contributed by atoms with van der Waals surface area (Å²) in [6.45, 7) is 12.3. The maximum absolute atomic E-state index is 12.2. The summed E-state index contributed by atoms with van der Waals surface area (Å²) in [5.41, 5.74) is 1.01. The second kappa shape index (κ2) is 27.8. The fraction of sp³-hybridized carbons (Fsp3) is 0.605. The zero-order chi connectivity index (χ0) is 37.7. The molecule has 290 valence electrons. The van der Waals surface area contributed by atoms with Crippen molar-refractivity contribution in [3.05, 3.63) is 48.2 Å². The van der Waals surface area contributed by atoms with Gasteiger partial charge in [-0.2, -0.15) is 0 Å². The number of rotatable bonds is 30. The van der Waals surface area contributed by atoms with Crippen LogP contribution in [0.3, 0.4) is 0 Å². The van der Waals surface area contributed by atoms with E-state index in [9.17, 15) is 9.59 Å². The molecule has 1 amide bonds. The number of methoxy groups -OCH3 is 1. The van der Waals surface area contributed by atoms with Crippen LogP contribution in [0.1, 0.15) is 39.2 Å². The van der Waals surface area contributed by atoms with Gasteiger partial charge in [-0.15, -0.1) is 6.42 Å². The Bertz CT molecular complexity index is 1280. The molecule has 0 fully saturated rings. The monoisotopic (exact) mass is 731 g/mol. The minimum atomic E-state index is -0.395. The van der Waals surface area contributed by atoms with Gasteiger partial charge in [0.25, 0.3) is 5.91 Å². The van der Waals surface area contributed by atoms with Gasteiger partial charge in [0.2, 0.25) is 5.88 Å². The van der Waals surface area contributed by atoms with Crippen LogP contribution in [0.4, 0.5) is 0 Å². The fourth-order valence-electron chi connectivity index (χ4n) is 4.28. The van der Waals surface area contributed by atoms with E-state index in [4.69, 9.17) is 49.1 Å². The number of pyridine rings is 1. The van der Waals surface area contributed by atoms with E-state index in [2.05, 4.69) is 42.3 Å². The van der Waals surface area contributed by atoms with E-state index in [1.54, 1.807) is 36.5 Å². The fourth-order valence-corrected chi connectivity index (χ4v) is 4.28. The minimum Gasteiger partial charge on any atom is -0.484 e. The first-order valence-electron chi connectivity index (χ1n) is 17.5. The third-order valence-corrected chi connectivity index (χ3v) is 7.03. The van der Waals surface area contributed by atoms with Crippen LogP contribution in [0, 0.1) is 17.8 Å². The number of nitrogens with zero attached hydrogens (tertiary/aromatic N) is 1. The Kier molecular flexibility index (Phi) is 23.7. The van der Waals surface area contributed by atoms with Gasteiger partial charge in [-0.3, -0.25) is 9.59 Å². The smallest absolute Gasteiger partial charge is 0.322 e. The molecule has 0 radical (unpaired) electrons. The standard InChI is InChI=1S/C38H57N3O11/c1-6-15-45-17-19-47-21-23-49-25-26-50-24-22-48-20-18-46-16-14-39-35(42)30-51-32-8-7-9-33(27-32)52-36-11-10-31(29-41-36)28-40-34(37(43)44-5)12-13-38(2,3)4/h1,7-11,27,29,34,40H,12-26,28,30H2,2-5H3,(H,39,42)/t34-/m0/s1. The first-order valence-corrected chi connectivity index (χ1v) is 17.5. The number of carbonyl (C=O) groups is 2. The Labute approximate surface area is 308 Å². The van der Waals surface area contributed by atoms with Crippen molar-refractivity contribution in [1.29, 1.82) is 0 Å². The minimum absolute atomic E-state index is 0.114. The number of hydrogen-bond donors (Lipinski definition) is 2. The highest BCUT2D eigenvalue weighted by Crippen LogP contribution is 2.25. The van der Waals surface area contributed by atoms with Crippen LogP contribution < -0.4 is 20.1 Å². The Morgan fingerprint density at radius 1 is 0.827 bits per heavy atom. The number of aromatic nitrogens is 1. The molecule has 1 aromatic carbocycles. The molecule has 2 rings (SSSR count). The lowest BCUT2D eigenvalue weighted by atomic mass is 9.88. The maximum Gasteiger partial charge on any atom is 0.322 e. The van der Waals surface area contributed by atoms with Crippen LogP contribution in [0.25, 0.3) is 0 Å². The predicted molar refractivity (Wildman–Crippen MR) is 194 cm³/mol. The molecule has 14 heteroatoms. The molecule has 2 aromatic rings. The first-order chi connectivity index (χ1) is 25.2. The molecule has 0 spiro atoms. The number of hydrogen-bond acceptors (Lipinski definition) is 13. The number of amides is 1. The van der Waals surface area contributed by atoms with Gasteiger partial charge in [0, 0.05) is 31.4 Å². The number of terminal acetylenes is 1. The normalized spacial score (nSPS) is 11.8. The molecule has 0 bridgehead atoms. The van der Waals surface area contributed by atoms with Crippen LogP contribution in [-0.4, -0.2) is 122 Å². The van der Waals surface area contributed by atoms with E-state index in [0.29, 0.717) is 116 Å². The molecule has 0 saturated carbocycles. The largest absolute Gasteiger partial charge is 0.484 e. The van der Waals surface area contributed by atoms with E-state index >= 15 is 0 Å².